The molecule has 5 rings (SSSR count). The Kier molecular flexibility index (Phi) is 6.63. The van der Waals surface area contributed by atoms with Crippen LogP contribution in [0.2, 0.25) is 0 Å². The molecule has 3 unspecified atom stereocenters. The number of halogens is 2. The smallest absolute Gasteiger partial charge is 0.250 e. The van der Waals surface area contributed by atoms with Crippen molar-refractivity contribution in [1.82, 2.24) is 14.7 Å². The van der Waals surface area contributed by atoms with Crippen molar-refractivity contribution >= 4 is 27.4 Å². The first-order valence-electron chi connectivity index (χ1n) is 11.4. The summed E-state index contributed by atoms with van der Waals surface area (Å²) in [5.41, 5.74) is 10.3. The van der Waals surface area contributed by atoms with Gasteiger partial charge in [-0.25, -0.2) is 9.07 Å². The van der Waals surface area contributed by atoms with Crippen molar-refractivity contribution in [2.24, 2.45) is 5.73 Å². The van der Waals surface area contributed by atoms with Crippen molar-refractivity contribution in [3.63, 3.8) is 0 Å². The van der Waals surface area contributed by atoms with Crippen LogP contribution in [0.25, 0.3) is 11.3 Å². The molecule has 2 N–H and O–H groups in total. The minimum Gasteiger partial charge on any atom is -0.344 e. The normalized spacial score (nSPS) is 24.5. The van der Waals surface area contributed by atoms with Crippen LogP contribution in [-0.4, -0.2) is 46.0 Å². The SMILES string of the molecule is NC1C=CC(CCN2C(=O)COC2c2cn(-c3ccc(Br)cc3)nc2C2=CCC(F)C=C2)=CC1. The zero-order valence-corrected chi connectivity index (χ0v) is 20.2. The lowest BCUT2D eigenvalue weighted by Gasteiger charge is -2.24. The number of benzene rings is 1. The van der Waals surface area contributed by atoms with Crippen LogP contribution in [0.1, 0.15) is 36.7 Å². The zero-order chi connectivity index (χ0) is 23.7. The summed E-state index contributed by atoms with van der Waals surface area (Å²) in [6.45, 7) is 0.550. The van der Waals surface area contributed by atoms with Crippen LogP contribution in [0.5, 0.6) is 0 Å². The molecule has 1 aromatic heterocycles. The van der Waals surface area contributed by atoms with E-state index in [0.717, 1.165) is 39.7 Å². The predicted octanol–water partition coefficient (Wildman–Crippen LogP) is 4.78. The third kappa shape index (κ3) is 4.85. The van der Waals surface area contributed by atoms with E-state index in [9.17, 15) is 9.18 Å². The molecule has 176 valence electrons. The summed E-state index contributed by atoms with van der Waals surface area (Å²) in [6.07, 6.45) is 13.5. The Bertz CT molecular complexity index is 1200. The molecule has 1 amide bonds. The number of amides is 1. The van der Waals surface area contributed by atoms with E-state index >= 15 is 0 Å². The monoisotopic (exact) mass is 524 g/mol. The molecular formula is C26H26BrFN4O2. The van der Waals surface area contributed by atoms with E-state index in [1.807, 2.05) is 48.7 Å². The highest BCUT2D eigenvalue weighted by Crippen LogP contribution is 2.35. The van der Waals surface area contributed by atoms with E-state index in [0.29, 0.717) is 18.7 Å². The molecule has 6 nitrogen and oxygen atoms in total. The lowest BCUT2D eigenvalue weighted by Crippen LogP contribution is -2.30. The lowest BCUT2D eigenvalue weighted by atomic mass is 9.99. The Morgan fingerprint density at radius 2 is 1.97 bits per heavy atom. The molecule has 1 fully saturated rings. The fourth-order valence-electron chi connectivity index (χ4n) is 4.36. The van der Waals surface area contributed by atoms with Gasteiger partial charge in [0, 0.05) is 35.2 Å². The molecule has 1 aliphatic heterocycles. The van der Waals surface area contributed by atoms with Crippen molar-refractivity contribution in [1.29, 1.82) is 0 Å². The molecule has 0 spiro atoms. The number of allylic oxidation sites excluding steroid dienone is 5. The van der Waals surface area contributed by atoms with Gasteiger partial charge in [0.25, 0.3) is 5.91 Å². The maximum Gasteiger partial charge on any atom is 0.250 e. The fourth-order valence-corrected chi connectivity index (χ4v) is 4.62. The van der Waals surface area contributed by atoms with Gasteiger partial charge in [-0.3, -0.25) is 4.79 Å². The molecule has 2 heterocycles. The summed E-state index contributed by atoms with van der Waals surface area (Å²) in [4.78, 5) is 14.5. The molecule has 2 aromatic rings. The topological polar surface area (TPSA) is 73.4 Å². The second kappa shape index (κ2) is 9.82. The summed E-state index contributed by atoms with van der Waals surface area (Å²) in [5, 5.41) is 4.83. The zero-order valence-electron chi connectivity index (χ0n) is 18.6. The number of ether oxygens (including phenoxy) is 1. The van der Waals surface area contributed by atoms with Crippen LogP contribution in [0.3, 0.4) is 0 Å². The summed E-state index contributed by atoms with van der Waals surface area (Å²) in [7, 11) is 0. The Hall–Kier alpha value is -2.81. The van der Waals surface area contributed by atoms with E-state index in [4.69, 9.17) is 15.6 Å². The molecule has 3 aliphatic rings. The molecular weight excluding hydrogens is 499 g/mol. The fraction of sp³-hybridized carbons (Fsp3) is 0.308. The third-order valence-electron chi connectivity index (χ3n) is 6.24. The average molecular weight is 525 g/mol. The van der Waals surface area contributed by atoms with Crippen molar-refractivity contribution in [2.45, 2.75) is 37.7 Å². The lowest BCUT2D eigenvalue weighted by molar-refractivity contribution is -0.128. The van der Waals surface area contributed by atoms with Gasteiger partial charge in [0.1, 0.15) is 18.5 Å². The van der Waals surface area contributed by atoms with E-state index in [2.05, 4.69) is 22.0 Å². The first kappa shape index (κ1) is 23.0. The van der Waals surface area contributed by atoms with Gasteiger partial charge in [0.05, 0.1) is 5.69 Å². The molecule has 3 atom stereocenters. The van der Waals surface area contributed by atoms with Gasteiger partial charge < -0.3 is 15.4 Å². The highest BCUT2D eigenvalue weighted by atomic mass is 79.9. The summed E-state index contributed by atoms with van der Waals surface area (Å²) in [6, 6.07) is 7.86. The third-order valence-corrected chi connectivity index (χ3v) is 6.77. The van der Waals surface area contributed by atoms with Gasteiger partial charge in [-0.05, 0) is 48.8 Å². The first-order chi connectivity index (χ1) is 16.5. The Balaban J connectivity index is 1.46. The number of hydrogen-bond acceptors (Lipinski definition) is 4. The maximum atomic E-state index is 13.7. The van der Waals surface area contributed by atoms with Gasteiger partial charge in [0.2, 0.25) is 0 Å². The van der Waals surface area contributed by atoms with Crippen molar-refractivity contribution in [3.8, 4) is 5.69 Å². The average Bonchev–Trinajstić information content (AvgIpc) is 3.43. The number of nitrogens with two attached hydrogens (primary N) is 1. The number of carbonyl (C=O) groups excluding carboxylic acids is 1. The van der Waals surface area contributed by atoms with Crippen molar-refractivity contribution < 1.29 is 13.9 Å². The molecule has 8 heteroatoms. The van der Waals surface area contributed by atoms with Crippen LogP contribution in [0, 0.1) is 0 Å². The quantitative estimate of drug-likeness (QED) is 0.590. The number of rotatable bonds is 6. The van der Waals surface area contributed by atoms with E-state index in [1.165, 1.54) is 0 Å². The number of nitrogens with zero attached hydrogens (tertiary/aromatic N) is 3. The molecule has 1 aromatic carbocycles. The van der Waals surface area contributed by atoms with E-state index in [1.54, 1.807) is 21.7 Å². The van der Waals surface area contributed by atoms with Crippen molar-refractivity contribution in [3.05, 3.63) is 88.2 Å². The maximum absolute atomic E-state index is 13.7. The Morgan fingerprint density at radius 3 is 2.68 bits per heavy atom. The van der Waals surface area contributed by atoms with Crippen LogP contribution >= 0.6 is 15.9 Å². The molecule has 34 heavy (non-hydrogen) atoms. The highest BCUT2D eigenvalue weighted by molar-refractivity contribution is 9.10. The Morgan fingerprint density at radius 1 is 1.15 bits per heavy atom. The van der Waals surface area contributed by atoms with Gasteiger partial charge in [-0.15, -0.1) is 0 Å². The second-order valence-corrected chi connectivity index (χ2v) is 9.58. The molecule has 0 radical (unpaired) electrons. The van der Waals surface area contributed by atoms with Gasteiger partial charge in [-0.1, -0.05) is 51.9 Å². The Labute approximate surface area is 206 Å². The van der Waals surface area contributed by atoms with Crippen LogP contribution < -0.4 is 5.73 Å². The molecule has 0 saturated carbocycles. The number of hydrogen-bond donors (Lipinski definition) is 1. The van der Waals surface area contributed by atoms with Crippen LogP contribution in [0.15, 0.2) is 77.0 Å². The summed E-state index contributed by atoms with van der Waals surface area (Å²) >= 11 is 3.46. The molecule has 0 bridgehead atoms. The minimum atomic E-state index is -0.994. The first-order valence-corrected chi connectivity index (χ1v) is 12.2. The van der Waals surface area contributed by atoms with Crippen molar-refractivity contribution in [2.75, 3.05) is 13.2 Å². The standard InChI is InChI=1S/C26H26BrFN4O2/c27-19-5-11-22(12-6-19)32-15-23(25(30-32)18-3-7-20(28)8-4-18)26-31(24(33)16-34-26)14-13-17-1-9-21(29)10-2-17/h1-7,9,11-12,15,20-21,26H,8,10,13-14,16,29H2. The molecule has 1 saturated heterocycles. The van der Waals surface area contributed by atoms with Gasteiger partial charge in [-0.2, -0.15) is 5.10 Å². The van der Waals surface area contributed by atoms with Crippen LogP contribution in [0.4, 0.5) is 4.39 Å². The number of carbonyl (C=O) groups is 1. The van der Waals surface area contributed by atoms with Gasteiger partial charge in [0.15, 0.2) is 6.23 Å². The molecule has 2 aliphatic carbocycles. The summed E-state index contributed by atoms with van der Waals surface area (Å²) < 4.78 is 22.5. The second-order valence-electron chi connectivity index (χ2n) is 8.66. The van der Waals surface area contributed by atoms with Crippen LogP contribution in [-0.2, 0) is 9.53 Å². The predicted molar refractivity (Wildman–Crippen MR) is 133 cm³/mol. The van der Waals surface area contributed by atoms with E-state index < -0.39 is 12.4 Å². The minimum absolute atomic E-state index is 0.0226. The van der Waals surface area contributed by atoms with E-state index in [-0.39, 0.29) is 18.6 Å². The summed E-state index contributed by atoms with van der Waals surface area (Å²) in [5.74, 6) is -0.0542. The number of alkyl halides is 1. The highest BCUT2D eigenvalue weighted by Gasteiger charge is 2.36. The number of aromatic nitrogens is 2. The van der Waals surface area contributed by atoms with Gasteiger partial charge >= 0.3 is 0 Å². The largest absolute Gasteiger partial charge is 0.344 e.